The Morgan fingerprint density at radius 3 is 2.61 bits per heavy atom. The molecule has 2 saturated carbocycles. The van der Waals surface area contributed by atoms with Gasteiger partial charge in [-0.1, -0.05) is 0 Å². The molecule has 23 heavy (non-hydrogen) atoms. The number of aromatic hydroxyl groups is 1. The number of hydrogen-bond acceptors (Lipinski definition) is 4. The van der Waals surface area contributed by atoms with Gasteiger partial charge in [0, 0.05) is 37.2 Å². The van der Waals surface area contributed by atoms with Crippen molar-refractivity contribution in [1.29, 1.82) is 0 Å². The summed E-state index contributed by atoms with van der Waals surface area (Å²) in [5.74, 6) is 3.78. The Morgan fingerprint density at radius 1 is 1.13 bits per heavy atom. The molecule has 4 unspecified atom stereocenters. The predicted octanol–water partition coefficient (Wildman–Crippen LogP) is 2.98. The van der Waals surface area contributed by atoms with E-state index in [4.69, 9.17) is 4.42 Å². The number of benzene rings is 1. The first-order valence-electron chi connectivity index (χ1n) is 8.65. The second-order valence-electron chi connectivity index (χ2n) is 7.63. The molecule has 0 radical (unpaired) electrons. The summed E-state index contributed by atoms with van der Waals surface area (Å²) in [6.07, 6.45) is 4.31. The molecule has 1 N–H and O–H groups in total. The monoisotopic (exact) mass is 311 g/mol. The van der Waals surface area contributed by atoms with E-state index in [1.54, 1.807) is 12.1 Å². The Morgan fingerprint density at radius 2 is 1.87 bits per heavy atom. The predicted molar refractivity (Wildman–Crippen MR) is 87.2 cm³/mol. The molecule has 4 heteroatoms. The van der Waals surface area contributed by atoms with E-state index >= 15 is 0 Å². The summed E-state index contributed by atoms with van der Waals surface area (Å²) in [5.41, 5.74) is 1.16. The van der Waals surface area contributed by atoms with Crippen LogP contribution in [0, 0.1) is 23.7 Å². The van der Waals surface area contributed by atoms with E-state index in [0.29, 0.717) is 5.58 Å². The molecular formula is C19H21NO3. The molecule has 1 aliphatic heterocycles. The average molecular weight is 311 g/mol. The third-order valence-corrected chi connectivity index (χ3v) is 6.42. The third-order valence-electron chi connectivity index (χ3n) is 6.42. The van der Waals surface area contributed by atoms with Crippen molar-refractivity contribution in [3.63, 3.8) is 0 Å². The number of rotatable bonds is 2. The molecule has 0 spiro atoms. The first-order valence-corrected chi connectivity index (χ1v) is 8.65. The number of hydrogen-bond donors (Lipinski definition) is 1. The van der Waals surface area contributed by atoms with Gasteiger partial charge in [-0.15, -0.1) is 0 Å². The van der Waals surface area contributed by atoms with Crippen LogP contribution in [-0.2, 0) is 6.54 Å². The molecule has 4 atom stereocenters. The molecule has 1 aromatic carbocycles. The molecule has 2 bridgehead atoms. The van der Waals surface area contributed by atoms with Crippen molar-refractivity contribution in [3.05, 3.63) is 40.2 Å². The van der Waals surface area contributed by atoms with E-state index < -0.39 is 0 Å². The molecule has 5 rings (SSSR count). The first kappa shape index (κ1) is 13.6. The van der Waals surface area contributed by atoms with Crippen LogP contribution < -0.4 is 5.63 Å². The van der Waals surface area contributed by atoms with Crippen molar-refractivity contribution < 1.29 is 9.52 Å². The maximum Gasteiger partial charge on any atom is 0.336 e. The Kier molecular flexibility index (Phi) is 2.87. The van der Waals surface area contributed by atoms with Crippen LogP contribution in [0.2, 0.25) is 0 Å². The molecule has 3 aliphatic rings. The molecular weight excluding hydrogens is 290 g/mol. The Hall–Kier alpha value is -1.81. The minimum atomic E-state index is -0.336. The summed E-state index contributed by atoms with van der Waals surface area (Å²) in [4.78, 5) is 14.3. The summed E-state index contributed by atoms with van der Waals surface area (Å²) < 4.78 is 5.23. The molecule has 2 heterocycles. The van der Waals surface area contributed by atoms with Crippen LogP contribution in [0.25, 0.3) is 11.0 Å². The second-order valence-corrected chi connectivity index (χ2v) is 7.63. The van der Waals surface area contributed by atoms with Gasteiger partial charge in [-0.05, 0) is 60.6 Å². The fourth-order valence-corrected chi connectivity index (χ4v) is 5.49. The van der Waals surface area contributed by atoms with E-state index in [0.717, 1.165) is 41.2 Å². The Balaban J connectivity index is 1.45. The first-order chi connectivity index (χ1) is 11.2. The van der Waals surface area contributed by atoms with Gasteiger partial charge >= 0.3 is 5.63 Å². The van der Waals surface area contributed by atoms with Gasteiger partial charge < -0.3 is 9.52 Å². The lowest BCUT2D eigenvalue weighted by Gasteiger charge is -2.22. The van der Waals surface area contributed by atoms with Crippen molar-refractivity contribution in [2.24, 2.45) is 23.7 Å². The van der Waals surface area contributed by atoms with Crippen LogP contribution in [-0.4, -0.2) is 23.1 Å². The van der Waals surface area contributed by atoms with E-state index in [9.17, 15) is 9.90 Å². The molecule has 120 valence electrons. The largest absolute Gasteiger partial charge is 0.508 e. The average Bonchev–Trinajstić information content (AvgIpc) is 3.18. The normalized spacial score (nSPS) is 32.7. The van der Waals surface area contributed by atoms with Gasteiger partial charge in [0.05, 0.1) is 0 Å². The summed E-state index contributed by atoms with van der Waals surface area (Å²) in [7, 11) is 0. The zero-order valence-corrected chi connectivity index (χ0v) is 13.1. The van der Waals surface area contributed by atoms with Crippen LogP contribution >= 0.6 is 0 Å². The van der Waals surface area contributed by atoms with Crippen molar-refractivity contribution >= 4 is 11.0 Å². The van der Waals surface area contributed by atoms with Crippen molar-refractivity contribution in [2.75, 3.05) is 13.1 Å². The molecule has 0 amide bonds. The highest BCUT2D eigenvalue weighted by molar-refractivity contribution is 5.81. The minimum absolute atomic E-state index is 0.130. The molecule has 1 saturated heterocycles. The van der Waals surface area contributed by atoms with Gasteiger partial charge in [-0.2, -0.15) is 0 Å². The summed E-state index contributed by atoms with van der Waals surface area (Å²) in [6.45, 7) is 3.15. The van der Waals surface area contributed by atoms with Gasteiger partial charge in [-0.25, -0.2) is 4.79 Å². The van der Waals surface area contributed by atoms with Crippen LogP contribution in [0.4, 0.5) is 0 Å². The van der Waals surface area contributed by atoms with E-state index in [-0.39, 0.29) is 11.4 Å². The van der Waals surface area contributed by atoms with Crippen LogP contribution in [0.15, 0.2) is 33.5 Å². The SMILES string of the molecule is O=c1cc(CN2CC3C4CCC(C4)C3C2)c2ccc(O)cc2o1. The smallest absolute Gasteiger partial charge is 0.336 e. The maximum absolute atomic E-state index is 11.8. The quantitative estimate of drug-likeness (QED) is 0.866. The van der Waals surface area contributed by atoms with E-state index in [2.05, 4.69) is 4.90 Å². The van der Waals surface area contributed by atoms with Crippen molar-refractivity contribution in [1.82, 2.24) is 4.90 Å². The summed E-state index contributed by atoms with van der Waals surface area (Å²) in [6, 6.07) is 6.65. The van der Waals surface area contributed by atoms with Crippen LogP contribution in [0.1, 0.15) is 24.8 Å². The summed E-state index contributed by atoms with van der Waals surface area (Å²) >= 11 is 0. The standard InChI is InChI=1S/C19H21NO3/c21-14-3-4-15-13(6-19(22)23-18(15)7-14)8-20-9-16-11-1-2-12(5-11)17(16)10-20/h3-4,6-7,11-12,16-17,21H,1-2,5,8-10H2. The zero-order valence-electron chi connectivity index (χ0n) is 13.1. The molecule has 3 fully saturated rings. The molecule has 4 nitrogen and oxygen atoms in total. The second kappa shape index (κ2) is 4.84. The lowest BCUT2D eigenvalue weighted by atomic mass is 9.82. The highest BCUT2D eigenvalue weighted by Gasteiger charge is 2.51. The van der Waals surface area contributed by atoms with Gasteiger partial charge in [0.2, 0.25) is 0 Å². The molecule has 2 aromatic rings. The number of nitrogens with zero attached hydrogens (tertiary/aromatic N) is 1. The van der Waals surface area contributed by atoms with Gasteiger partial charge in [0.1, 0.15) is 11.3 Å². The zero-order chi connectivity index (χ0) is 15.6. The fraction of sp³-hybridized carbons (Fsp3) is 0.526. The number of phenolic OH excluding ortho intramolecular Hbond substituents is 1. The lowest BCUT2D eigenvalue weighted by Crippen LogP contribution is -2.23. The van der Waals surface area contributed by atoms with E-state index in [1.807, 2.05) is 6.07 Å². The van der Waals surface area contributed by atoms with Crippen molar-refractivity contribution in [2.45, 2.75) is 25.8 Å². The molecule has 1 aromatic heterocycles. The van der Waals surface area contributed by atoms with Gasteiger partial charge in [-0.3, -0.25) is 4.90 Å². The minimum Gasteiger partial charge on any atom is -0.508 e. The van der Waals surface area contributed by atoms with Crippen LogP contribution in [0.5, 0.6) is 5.75 Å². The third kappa shape index (κ3) is 2.12. The highest BCUT2D eigenvalue weighted by atomic mass is 16.4. The lowest BCUT2D eigenvalue weighted by molar-refractivity contribution is 0.281. The van der Waals surface area contributed by atoms with E-state index in [1.165, 1.54) is 38.4 Å². The Bertz CT molecular complexity index is 809. The van der Waals surface area contributed by atoms with Crippen LogP contribution in [0.3, 0.4) is 0 Å². The number of phenols is 1. The Labute approximate surface area is 134 Å². The van der Waals surface area contributed by atoms with Crippen molar-refractivity contribution in [3.8, 4) is 5.75 Å². The highest BCUT2D eigenvalue weighted by Crippen LogP contribution is 2.55. The van der Waals surface area contributed by atoms with Gasteiger partial charge in [0.25, 0.3) is 0 Å². The molecule has 2 aliphatic carbocycles. The van der Waals surface area contributed by atoms with Gasteiger partial charge in [0.15, 0.2) is 0 Å². The summed E-state index contributed by atoms with van der Waals surface area (Å²) in [5, 5.41) is 10.5. The topological polar surface area (TPSA) is 53.7 Å². The number of likely N-dealkylation sites (tertiary alicyclic amines) is 1. The number of fused-ring (bicyclic) bond motifs is 6. The fourth-order valence-electron chi connectivity index (χ4n) is 5.49. The maximum atomic E-state index is 11.8.